The summed E-state index contributed by atoms with van der Waals surface area (Å²) in [6.45, 7) is 18.1. The molecule has 352 valence electrons. The van der Waals surface area contributed by atoms with Gasteiger partial charge in [-0.1, -0.05) is 33.8 Å². The molecule has 0 unspecified atom stereocenters. The first-order valence-corrected chi connectivity index (χ1v) is 23.8. The van der Waals surface area contributed by atoms with Gasteiger partial charge < -0.3 is 39.2 Å². The molecule has 0 saturated carbocycles. The second-order valence-electron chi connectivity index (χ2n) is 19.4. The zero-order chi connectivity index (χ0) is 47.1. The number of carbonyl (C=O) groups excluding carboxylic acids is 4. The fourth-order valence-electron chi connectivity index (χ4n) is 10.1. The van der Waals surface area contributed by atoms with E-state index in [9.17, 15) is 24.3 Å². The second kappa shape index (κ2) is 19.1. The molecule has 7 rings (SSSR count). The van der Waals surface area contributed by atoms with Gasteiger partial charge in [-0.15, -0.1) is 11.3 Å². The third kappa shape index (κ3) is 9.66. The van der Waals surface area contributed by atoms with Gasteiger partial charge in [0.05, 0.1) is 34.8 Å². The first-order valence-electron chi connectivity index (χ1n) is 22.9. The fraction of sp³-hybridized carbons (Fsp3) is 0.583. The van der Waals surface area contributed by atoms with E-state index in [1.54, 1.807) is 20.4 Å². The molecular formula is C48H67N9O7S. The maximum absolute atomic E-state index is 14.7. The van der Waals surface area contributed by atoms with Crippen LogP contribution in [0, 0.1) is 11.3 Å². The normalized spacial score (nSPS) is 24.1. The fourth-order valence-corrected chi connectivity index (χ4v) is 10.9. The monoisotopic (exact) mass is 913 g/mol. The van der Waals surface area contributed by atoms with Crippen molar-refractivity contribution in [1.82, 2.24) is 45.0 Å². The molecule has 3 aliphatic rings. The number of aliphatic hydroxyl groups is 1. The number of likely N-dealkylation sites (N-methyl/N-ethyl adjacent to an activating group) is 2. The molecular weight excluding hydrogens is 847 g/mol. The third-order valence-electron chi connectivity index (χ3n) is 13.2. The van der Waals surface area contributed by atoms with Crippen LogP contribution in [0.3, 0.4) is 0 Å². The van der Waals surface area contributed by atoms with Crippen LogP contribution >= 0.6 is 11.3 Å². The van der Waals surface area contributed by atoms with Crippen LogP contribution in [0.15, 0.2) is 41.9 Å². The number of benzene rings is 1. The van der Waals surface area contributed by atoms with Gasteiger partial charge in [0.2, 0.25) is 11.6 Å². The number of methoxy groups -OCH3 is 1. The van der Waals surface area contributed by atoms with Crippen LogP contribution in [0.2, 0.25) is 0 Å². The molecule has 6 heterocycles. The van der Waals surface area contributed by atoms with E-state index >= 15 is 0 Å². The summed E-state index contributed by atoms with van der Waals surface area (Å²) < 4.78 is 14.1. The number of piperazine rings is 1. The van der Waals surface area contributed by atoms with Gasteiger partial charge in [0, 0.05) is 104 Å². The van der Waals surface area contributed by atoms with Gasteiger partial charge >= 0.3 is 12.0 Å². The first-order chi connectivity index (χ1) is 30.8. The lowest BCUT2D eigenvalue weighted by Gasteiger charge is -2.46. The highest BCUT2D eigenvalue weighted by Gasteiger charge is 2.46. The van der Waals surface area contributed by atoms with Gasteiger partial charge in [0.25, 0.3) is 5.91 Å². The number of nitrogens with one attached hydrogen (secondary N) is 2. The summed E-state index contributed by atoms with van der Waals surface area (Å²) >= 11 is 1.38. The van der Waals surface area contributed by atoms with Crippen molar-refractivity contribution in [2.24, 2.45) is 11.3 Å². The minimum atomic E-state index is -2.21. The predicted octanol–water partition coefficient (Wildman–Crippen LogP) is 5.62. The number of nitrogens with zero attached hydrogens (tertiary/aromatic N) is 7. The molecule has 65 heavy (non-hydrogen) atoms. The van der Waals surface area contributed by atoms with Gasteiger partial charge in [-0.25, -0.2) is 14.6 Å². The quantitative estimate of drug-likeness (QED) is 0.187. The van der Waals surface area contributed by atoms with Gasteiger partial charge in [-0.05, 0) is 83.3 Å². The Hall–Kier alpha value is -4.94. The summed E-state index contributed by atoms with van der Waals surface area (Å²) in [5.41, 5.74) is 6.38. The molecule has 3 N–H and O–H groups in total. The second-order valence-corrected chi connectivity index (χ2v) is 20.3. The number of hydrazine groups is 1. The van der Waals surface area contributed by atoms with Gasteiger partial charge in [0.15, 0.2) is 0 Å². The highest BCUT2D eigenvalue weighted by atomic mass is 32.1. The average Bonchev–Trinajstić information content (AvgIpc) is 3.85. The van der Waals surface area contributed by atoms with E-state index in [1.807, 2.05) is 71.9 Å². The number of carbonyl (C=O) groups is 4. The smallest absolute Gasteiger partial charge is 0.355 e. The molecule has 17 heteroatoms. The Balaban J connectivity index is 1.30. The number of hydrogen-bond donors (Lipinski definition) is 3. The minimum absolute atomic E-state index is 0.00670. The molecule has 0 spiro atoms. The summed E-state index contributed by atoms with van der Waals surface area (Å²) in [6, 6.07) is 7.82. The Morgan fingerprint density at radius 2 is 1.86 bits per heavy atom. The summed E-state index contributed by atoms with van der Waals surface area (Å²) in [5, 5.41) is 19.6. The lowest BCUT2D eigenvalue weighted by molar-refractivity contribution is -0.189. The molecule has 1 aromatic carbocycles. The number of fused-ring (bicyclic) bond motifs is 6. The first kappa shape index (κ1) is 48.0. The highest BCUT2D eigenvalue weighted by Crippen LogP contribution is 2.42. The molecule has 3 aromatic heterocycles. The predicted molar refractivity (Wildman–Crippen MR) is 251 cm³/mol. The van der Waals surface area contributed by atoms with Gasteiger partial charge in [-0.2, -0.15) is 5.43 Å². The SMILES string of the molecule is CCn1c(-c2cccnc2[C@H](C)OC)c2c3cc(ccc31)-c1csc(n1)C[C@H](NC(=O)[C@H](C(C)C)N(C)C(=O)N1[C@H](C)CN(C)C[C@H]1C)C(=O)N1CCC[C@@](O)(N1)C(=O)OCC(C)(C)C2. The number of ether oxygens (including phenoxy) is 2. The number of thiazole rings is 1. The molecule has 2 fully saturated rings. The largest absolute Gasteiger partial charge is 0.462 e. The average molecular weight is 914 g/mol. The molecule has 2 saturated heterocycles. The van der Waals surface area contributed by atoms with Crippen LogP contribution in [-0.4, -0.2) is 141 Å². The van der Waals surface area contributed by atoms with Crippen LogP contribution < -0.4 is 10.7 Å². The molecule has 4 amide bonds. The number of aryl methyl sites for hydroxylation is 1. The van der Waals surface area contributed by atoms with Crippen molar-refractivity contribution in [3.05, 3.63) is 58.2 Å². The molecule has 6 bridgehead atoms. The number of amides is 4. The molecule has 6 atom stereocenters. The lowest BCUT2D eigenvalue weighted by Crippen LogP contribution is -2.67. The van der Waals surface area contributed by atoms with Crippen molar-refractivity contribution in [3.8, 4) is 22.5 Å². The molecule has 16 nitrogen and oxygen atoms in total. The zero-order valence-corrected chi connectivity index (χ0v) is 40.6. The Kier molecular flexibility index (Phi) is 14.1. The van der Waals surface area contributed by atoms with E-state index in [0.29, 0.717) is 31.1 Å². The third-order valence-corrected chi connectivity index (χ3v) is 14.1. The van der Waals surface area contributed by atoms with E-state index in [4.69, 9.17) is 19.4 Å². The molecule has 4 aromatic rings. The lowest BCUT2D eigenvalue weighted by atomic mass is 9.84. The van der Waals surface area contributed by atoms with Crippen LogP contribution in [0.5, 0.6) is 0 Å². The van der Waals surface area contributed by atoms with E-state index in [1.165, 1.54) is 21.2 Å². The molecule has 3 aliphatic heterocycles. The van der Waals surface area contributed by atoms with E-state index in [2.05, 4.69) is 51.4 Å². The highest BCUT2D eigenvalue weighted by molar-refractivity contribution is 7.10. The number of urea groups is 1. The zero-order valence-electron chi connectivity index (χ0n) is 39.8. The molecule has 0 aliphatic carbocycles. The van der Waals surface area contributed by atoms with Crippen LogP contribution in [0.4, 0.5) is 4.79 Å². The van der Waals surface area contributed by atoms with Crippen LogP contribution in [-0.2, 0) is 43.2 Å². The molecule has 0 radical (unpaired) electrons. The van der Waals surface area contributed by atoms with Crippen molar-refractivity contribution in [3.63, 3.8) is 0 Å². The Morgan fingerprint density at radius 3 is 2.54 bits per heavy atom. The van der Waals surface area contributed by atoms with Gasteiger partial charge in [-0.3, -0.25) is 19.6 Å². The van der Waals surface area contributed by atoms with Crippen molar-refractivity contribution >= 4 is 46.1 Å². The number of cyclic esters (lactones) is 1. The number of hydrogen-bond acceptors (Lipinski definition) is 12. The summed E-state index contributed by atoms with van der Waals surface area (Å²) in [6.07, 6.45) is 2.31. The van der Waals surface area contributed by atoms with Gasteiger partial charge in [0.1, 0.15) is 12.1 Å². The van der Waals surface area contributed by atoms with Crippen molar-refractivity contribution in [2.75, 3.05) is 47.4 Å². The van der Waals surface area contributed by atoms with E-state index in [-0.39, 0.29) is 62.6 Å². The maximum Gasteiger partial charge on any atom is 0.355 e. The van der Waals surface area contributed by atoms with Crippen molar-refractivity contribution in [1.29, 1.82) is 0 Å². The number of pyridine rings is 1. The Bertz CT molecular complexity index is 2400. The van der Waals surface area contributed by atoms with Crippen LogP contribution in [0.1, 0.15) is 90.6 Å². The summed E-state index contributed by atoms with van der Waals surface area (Å²) in [7, 11) is 5.34. The number of aromatic nitrogens is 3. The summed E-state index contributed by atoms with van der Waals surface area (Å²) in [4.78, 5) is 72.7. The van der Waals surface area contributed by atoms with E-state index in [0.717, 1.165) is 44.7 Å². The van der Waals surface area contributed by atoms with Crippen molar-refractivity contribution in [2.45, 2.75) is 124 Å². The van der Waals surface area contributed by atoms with Crippen molar-refractivity contribution < 1.29 is 33.8 Å². The van der Waals surface area contributed by atoms with Crippen LogP contribution in [0.25, 0.3) is 33.4 Å². The number of esters is 1. The summed E-state index contributed by atoms with van der Waals surface area (Å²) in [5.74, 6) is -2.26. The van der Waals surface area contributed by atoms with E-state index < -0.39 is 41.0 Å². The number of rotatable bonds is 8. The standard InChI is InChI=1S/C48H67N9O7S/c1-12-55-38-17-16-32-21-34(38)35(42(55)33-15-13-19-49-40(33)31(6)63-11)23-47(7,8)27-64-45(60)48(62)18-14-20-56(52-48)44(59)36(22-39-50-37(32)26-65-39)51-43(58)41(28(2)3)54(10)46(61)57-29(4)24-53(9)25-30(57)5/h13,15-17,19,21,26,28-31,36,41,52,62H,12,14,18,20,22-25,27H2,1-11H3,(H,51,58)/t29-,30-,31+,36+,41+,48+/m1/s1. The minimum Gasteiger partial charge on any atom is -0.462 e. The topological polar surface area (TPSA) is 175 Å². The Morgan fingerprint density at radius 1 is 1.14 bits per heavy atom. The maximum atomic E-state index is 14.7. The Labute approximate surface area is 386 Å².